The Balaban J connectivity index is 1.90. The van der Waals surface area contributed by atoms with E-state index in [4.69, 9.17) is 0 Å². The highest BCUT2D eigenvalue weighted by atomic mass is 15.3. The molecule has 2 heterocycles. The van der Waals surface area contributed by atoms with E-state index < -0.39 is 0 Å². The third kappa shape index (κ3) is 3.92. The van der Waals surface area contributed by atoms with E-state index in [1.54, 1.807) is 0 Å². The van der Waals surface area contributed by atoms with E-state index in [0.717, 1.165) is 43.6 Å². The Morgan fingerprint density at radius 1 is 1.20 bits per heavy atom. The van der Waals surface area contributed by atoms with Gasteiger partial charge >= 0.3 is 0 Å². The number of hydrogen-bond donors (Lipinski definition) is 1. The van der Waals surface area contributed by atoms with Gasteiger partial charge in [0.05, 0.1) is 5.69 Å². The molecule has 112 valence electrons. The SMILES string of the molecule is CCNCc1ccc(N2CCC(C(C)(C)C)CC2)nn1. The van der Waals surface area contributed by atoms with Crippen LogP contribution in [0.2, 0.25) is 0 Å². The van der Waals surface area contributed by atoms with Crippen molar-refractivity contribution in [3.63, 3.8) is 0 Å². The topological polar surface area (TPSA) is 41.0 Å². The van der Waals surface area contributed by atoms with Gasteiger partial charge in [-0.15, -0.1) is 5.10 Å². The molecule has 0 atom stereocenters. The highest BCUT2D eigenvalue weighted by Crippen LogP contribution is 2.35. The number of piperidine rings is 1. The Hall–Kier alpha value is -1.16. The van der Waals surface area contributed by atoms with Gasteiger partial charge in [0.25, 0.3) is 0 Å². The molecular weight excluding hydrogens is 248 g/mol. The largest absolute Gasteiger partial charge is 0.355 e. The van der Waals surface area contributed by atoms with E-state index in [1.165, 1.54) is 12.8 Å². The lowest BCUT2D eigenvalue weighted by Crippen LogP contribution is -2.38. The summed E-state index contributed by atoms with van der Waals surface area (Å²) in [4.78, 5) is 2.37. The number of aromatic nitrogens is 2. The fourth-order valence-electron chi connectivity index (χ4n) is 2.84. The van der Waals surface area contributed by atoms with Crippen LogP contribution in [0.15, 0.2) is 12.1 Å². The molecule has 0 amide bonds. The van der Waals surface area contributed by atoms with Crippen LogP contribution in [0.25, 0.3) is 0 Å². The van der Waals surface area contributed by atoms with Gasteiger partial charge in [-0.1, -0.05) is 27.7 Å². The molecule has 0 saturated carbocycles. The minimum Gasteiger partial charge on any atom is -0.355 e. The number of anilines is 1. The Labute approximate surface area is 123 Å². The minimum absolute atomic E-state index is 0.424. The van der Waals surface area contributed by atoms with Crippen LogP contribution in [-0.2, 0) is 6.54 Å². The molecule has 20 heavy (non-hydrogen) atoms. The molecule has 1 aromatic rings. The molecule has 4 heteroatoms. The van der Waals surface area contributed by atoms with Crippen LogP contribution < -0.4 is 10.2 Å². The zero-order valence-corrected chi connectivity index (χ0v) is 13.3. The second-order valence-corrected chi connectivity index (χ2v) is 6.79. The summed E-state index contributed by atoms with van der Waals surface area (Å²) in [5.74, 6) is 1.84. The van der Waals surface area contributed by atoms with Crippen LogP contribution in [0.1, 0.15) is 46.2 Å². The predicted octanol–water partition coefficient (Wildman–Crippen LogP) is 2.85. The summed E-state index contributed by atoms with van der Waals surface area (Å²) >= 11 is 0. The first kappa shape index (κ1) is 15.2. The van der Waals surface area contributed by atoms with Crippen LogP contribution >= 0.6 is 0 Å². The van der Waals surface area contributed by atoms with Crippen LogP contribution in [0.3, 0.4) is 0 Å². The summed E-state index contributed by atoms with van der Waals surface area (Å²) in [6, 6.07) is 4.19. The average molecular weight is 276 g/mol. The number of hydrogen-bond acceptors (Lipinski definition) is 4. The van der Waals surface area contributed by atoms with Gasteiger partial charge in [0.15, 0.2) is 5.82 Å². The first-order valence-corrected chi connectivity index (χ1v) is 7.79. The van der Waals surface area contributed by atoms with Gasteiger partial charge in [-0.2, -0.15) is 5.10 Å². The van der Waals surface area contributed by atoms with E-state index >= 15 is 0 Å². The maximum atomic E-state index is 4.38. The van der Waals surface area contributed by atoms with Crippen molar-refractivity contribution in [1.82, 2.24) is 15.5 Å². The van der Waals surface area contributed by atoms with Crippen LogP contribution in [0.4, 0.5) is 5.82 Å². The Morgan fingerprint density at radius 3 is 2.40 bits per heavy atom. The molecular formula is C16H28N4. The number of nitrogens with zero attached hydrogens (tertiary/aromatic N) is 3. The van der Waals surface area contributed by atoms with E-state index in [9.17, 15) is 0 Å². The van der Waals surface area contributed by atoms with Crippen molar-refractivity contribution in [3.05, 3.63) is 17.8 Å². The predicted molar refractivity (Wildman–Crippen MR) is 83.8 cm³/mol. The first-order chi connectivity index (χ1) is 9.50. The first-order valence-electron chi connectivity index (χ1n) is 7.79. The molecule has 1 fully saturated rings. The molecule has 1 aliphatic rings. The summed E-state index contributed by atoms with van der Waals surface area (Å²) in [6.45, 7) is 13.1. The third-order valence-electron chi connectivity index (χ3n) is 4.31. The lowest BCUT2D eigenvalue weighted by Gasteiger charge is -2.39. The van der Waals surface area contributed by atoms with Gasteiger partial charge in [0.1, 0.15) is 0 Å². The molecule has 0 bridgehead atoms. The molecule has 1 aliphatic heterocycles. The van der Waals surface area contributed by atoms with Gasteiger partial charge < -0.3 is 10.2 Å². The van der Waals surface area contributed by atoms with Crippen molar-refractivity contribution in [1.29, 1.82) is 0 Å². The fourth-order valence-corrected chi connectivity index (χ4v) is 2.84. The van der Waals surface area contributed by atoms with Crippen LogP contribution in [0.5, 0.6) is 0 Å². The lowest BCUT2D eigenvalue weighted by molar-refractivity contribution is 0.198. The standard InChI is InChI=1S/C16H28N4/c1-5-17-12-14-6-7-15(19-18-14)20-10-8-13(9-11-20)16(2,3)4/h6-7,13,17H,5,8-12H2,1-4H3. The molecule has 0 aliphatic carbocycles. The number of nitrogens with one attached hydrogen (secondary N) is 1. The summed E-state index contributed by atoms with van der Waals surface area (Å²) in [5, 5.41) is 12.0. The average Bonchev–Trinajstić information content (AvgIpc) is 2.45. The smallest absolute Gasteiger partial charge is 0.151 e. The second-order valence-electron chi connectivity index (χ2n) is 6.79. The Kier molecular flexibility index (Phi) is 4.97. The van der Waals surface area contributed by atoms with E-state index in [-0.39, 0.29) is 0 Å². The molecule has 2 rings (SSSR count). The van der Waals surface area contributed by atoms with Crippen molar-refractivity contribution < 1.29 is 0 Å². The van der Waals surface area contributed by atoms with Gasteiger partial charge in [-0.25, -0.2) is 0 Å². The second kappa shape index (κ2) is 6.53. The van der Waals surface area contributed by atoms with Crippen LogP contribution in [0, 0.1) is 11.3 Å². The van der Waals surface area contributed by atoms with Crippen molar-refractivity contribution in [3.8, 4) is 0 Å². The van der Waals surface area contributed by atoms with Crippen molar-refractivity contribution >= 4 is 5.82 Å². The molecule has 0 aromatic carbocycles. The normalized spacial score (nSPS) is 17.5. The lowest BCUT2D eigenvalue weighted by atomic mass is 9.75. The Bertz CT molecular complexity index is 399. The van der Waals surface area contributed by atoms with E-state index in [0.29, 0.717) is 5.41 Å². The molecule has 1 N–H and O–H groups in total. The summed E-state index contributed by atoms with van der Waals surface area (Å²) in [5.41, 5.74) is 1.44. The monoisotopic (exact) mass is 276 g/mol. The highest BCUT2D eigenvalue weighted by Gasteiger charge is 2.29. The Morgan fingerprint density at radius 2 is 1.90 bits per heavy atom. The molecule has 0 unspecified atom stereocenters. The zero-order chi connectivity index (χ0) is 14.6. The number of rotatable bonds is 4. The quantitative estimate of drug-likeness (QED) is 0.918. The maximum Gasteiger partial charge on any atom is 0.151 e. The molecule has 0 spiro atoms. The minimum atomic E-state index is 0.424. The molecule has 1 aromatic heterocycles. The van der Waals surface area contributed by atoms with Crippen molar-refractivity contribution in [2.45, 2.75) is 47.1 Å². The molecule has 1 saturated heterocycles. The summed E-state index contributed by atoms with van der Waals surface area (Å²) < 4.78 is 0. The van der Waals surface area contributed by atoms with Crippen molar-refractivity contribution in [2.24, 2.45) is 11.3 Å². The highest BCUT2D eigenvalue weighted by molar-refractivity contribution is 5.37. The summed E-state index contributed by atoms with van der Waals surface area (Å²) in [7, 11) is 0. The maximum absolute atomic E-state index is 4.38. The van der Waals surface area contributed by atoms with Gasteiger partial charge in [-0.3, -0.25) is 0 Å². The summed E-state index contributed by atoms with van der Waals surface area (Å²) in [6.07, 6.45) is 2.51. The fraction of sp³-hybridized carbons (Fsp3) is 0.750. The van der Waals surface area contributed by atoms with E-state index in [1.807, 2.05) is 0 Å². The van der Waals surface area contributed by atoms with Crippen molar-refractivity contribution in [2.75, 3.05) is 24.5 Å². The van der Waals surface area contributed by atoms with Gasteiger partial charge in [0, 0.05) is 19.6 Å². The third-order valence-corrected chi connectivity index (χ3v) is 4.31. The van der Waals surface area contributed by atoms with Gasteiger partial charge in [-0.05, 0) is 42.9 Å². The molecule has 4 nitrogen and oxygen atoms in total. The zero-order valence-electron chi connectivity index (χ0n) is 13.3. The van der Waals surface area contributed by atoms with Crippen LogP contribution in [-0.4, -0.2) is 29.8 Å². The van der Waals surface area contributed by atoms with E-state index in [2.05, 4.69) is 60.2 Å². The van der Waals surface area contributed by atoms with Gasteiger partial charge in [0.2, 0.25) is 0 Å². The molecule has 0 radical (unpaired) electrons.